The molecule has 2 N–H and O–H groups in total. The third-order valence-electron chi connectivity index (χ3n) is 3.37. The lowest BCUT2D eigenvalue weighted by Crippen LogP contribution is -2.09. The second kappa shape index (κ2) is 7.03. The van der Waals surface area contributed by atoms with Gasteiger partial charge in [-0.15, -0.1) is 11.3 Å². The van der Waals surface area contributed by atoms with Crippen LogP contribution in [0.4, 0.5) is 0 Å². The number of fused-ring (bicyclic) bond motifs is 1. The minimum atomic E-state index is -0.800. The number of ether oxygens (including phenoxy) is 1. The molecular weight excluding hydrogens is 340 g/mol. The Hall–Kier alpha value is -3.37. The topological polar surface area (TPSA) is 103 Å². The molecule has 0 unspecified atom stereocenters. The zero-order chi connectivity index (χ0) is 17.8. The number of aromatic hydroxyl groups is 1. The average molecular weight is 352 g/mol. The van der Waals surface area contributed by atoms with Crippen LogP contribution in [-0.2, 0) is 4.74 Å². The monoisotopic (exact) mass is 352 g/mol. The van der Waals surface area contributed by atoms with Gasteiger partial charge in [-0.3, -0.25) is 0 Å². The first-order valence-electron chi connectivity index (χ1n) is 7.23. The van der Waals surface area contributed by atoms with Crippen molar-refractivity contribution >= 4 is 33.1 Å². The number of nitriles is 1. The van der Waals surface area contributed by atoms with Gasteiger partial charge in [-0.1, -0.05) is 24.3 Å². The molecule has 1 heterocycles. The third kappa shape index (κ3) is 3.44. The molecule has 25 heavy (non-hydrogen) atoms. The van der Waals surface area contributed by atoms with Crippen LogP contribution in [0.2, 0.25) is 0 Å². The zero-order valence-electron chi connectivity index (χ0n) is 12.8. The predicted octanol–water partition coefficient (Wildman–Crippen LogP) is 3.65. The number of hydrogen-bond donors (Lipinski definition) is 2. The van der Waals surface area contributed by atoms with Crippen LogP contribution in [-0.4, -0.2) is 27.8 Å². The smallest absolute Gasteiger partial charge is 0.342 e. The summed E-state index contributed by atoms with van der Waals surface area (Å²) in [6.07, 6.45) is 0. The highest BCUT2D eigenvalue weighted by molar-refractivity contribution is 7.19. The van der Waals surface area contributed by atoms with Crippen LogP contribution < -0.4 is 0 Å². The van der Waals surface area contributed by atoms with Gasteiger partial charge in [0.05, 0.1) is 10.2 Å². The van der Waals surface area contributed by atoms with Gasteiger partial charge in [-0.05, 0) is 24.3 Å². The summed E-state index contributed by atoms with van der Waals surface area (Å²) in [4.78, 5) is 16.2. The number of carbonyl (C=O) groups is 1. The summed E-state index contributed by atoms with van der Waals surface area (Å²) in [6, 6.07) is 15.1. The summed E-state index contributed by atoms with van der Waals surface area (Å²) in [5.41, 5.74) is 0.648. The maximum Gasteiger partial charge on any atom is 0.342 e. The van der Waals surface area contributed by atoms with Crippen molar-refractivity contribution in [2.45, 2.75) is 0 Å². The third-order valence-corrected chi connectivity index (χ3v) is 4.43. The van der Waals surface area contributed by atoms with Crippen molar-refractivity contribution < 1.29 is 19.7 Å². The van der Waals surface area contributed by atoms with Crippen molar-refractivity contribution in [1.82, 2.24) is 4.98 Å². The molecule has 2 aromatic carbocycles. The lowest BCUT2D eigenvalue weighted by molar-refractivity contribution is 0.0499. The van der Waals surface area contributed by atoms with Crippen LogP contribution in [0.25, 0.3) is 15.8 Å². The van der Waals surface area contributed by atoms with E-state index in [0.717, 1.165) is 4.70 Å². The molecule has 0 atom stereocenters. The Morgan fingerprint density at radius 1 is 1.20 bits per heavy atom. The standard InChI is InChI=1S/C18H12N2O4S/c19-9-12(17-20-13-6-2-4-8-16(13)25-17)15(22)10-24-18(23)11-5-1-3-7-14(11)21/h1-8,21-22H,10H2/b15-12-. The first-order chi connectivity index (χ1) is 12.1. The molecule has 0 bridgehead atoms. The van der Waals surface area contributed by atoms with Crippen molar-refractivity contribution in [3.05, 3.63) is 64.9 Å². The molecule has 0 aliphatic carbocycles. The van der Waals surface area contributed by atoms with E-state index in [4.69, 9.17) is 4.74 Å². The zero-order valence-corrected chi connectivity index (χ0v) is 13.7. The number of rotatable bonds is 4. The van der Waals surface area contributed by atoms with Gasteiger partial charge in [0.25, 0.3) is 0 Å². The number of phenolic OH excluding ortho intramolecular Hbond substituents is 1. The number of benzene rings is 2. The Kier molecular flexibility index (Phi) is 4.64. The quantitative estimate of drug-likeness (QED) is 0.422. The van der Waals surface area contributed by atoms with Gasteiger partial charge in [0, 0.05) is 0 Å². The molecule has 3 aromatic rings. The van der Waals surface area contributed by atoms with Crippen LogP contribution in [0, 0.1) is 11.3 Å². The Morgan fingerprint density at radius 2 is 1.92 bits per heavy atom. The number of allylic oxidation sites excluding steroid dienone is 1. The number of hydrogen-bond acceptors (Lipinski definition) is 7. The number of carbonyl (C=O) groups excluding carboxylic acids is 1. The number of phenols is 1. The number of aliphatic hydroxyl groups is 1. The average Bonchev–Trinajstić information content (AvgIpc) is 3.04. The molecule has 0 spiro atoms. The van der Waals surface area contributed by atoms with Crippen molar-refractivity contribution in [3.63, 3.8) is 0 Å². The summed E-state index contributed by atoms with van der Waals surface area (Å²) < 4.78 is 5.85. The summed E-state index contributed by atoms with van der Waals surface area (Å²) in [5.74, 6) is -1.42. The SMILES string of the molecule is N#C/C(=C(/O)COC(=O)c1ccccc1O)c1nc2ccccc2s1. The fourth-order valence-corrected chi connectivity index (χ4v) is 3.13. The predicted molar refractivity (Wildman–Crippen MR) is 93.2 cm³/mol. The molecule has 124 valence electrons. The van der Waals surface area contributed by atoms with E-state index < -0.39 is 18.3 Å². The number of aromatic nitrogens is 1. The number of thiazole rings is 1. The molecule has 0 aliphatic heterocycles. The Morgan fingerprint density at radius 3 is 2.64 bits per heavy atom. The lowest BCUT2D eigenvalue weighted by Gasteiger charge is -2.06. The number of esters is 1. The van der Waals surface area contributed by atoms with E-state index in [0.29, 0.717) is 10.5 Å². The molecule has 0 radical (unpaired) electrons. The second-order valence-corrected chi connectivity index (χ2v) is 6.04. The first kappa shape index (κ1) is 16.5. The molecule has 0 fully saturated rings. The van der Waals surface area contributed by atoms with Crippen LogP contribution in [0.1, 0.15) is 15.4 Å². The number of aliphatic hydroxyl groups excluding tert-OH is 1. The molecule has 6 nitrogen and oxygen atoms in total. The van der Waals surface area contributed by atoms with E-state index >= 15 is 0 Å². The highest BCUT2D eigenvalue weighted by Gasteiger charge is 2.17. The fourth-order valence-electron chi connectivity index (χ4n) is 2.15. The second-order valence-electron chi connectivity index (χ2n) is 5.01. The van der Waals surface area contributed by atoms with Crippen LogP contribution in [0.15, 0.2) is 54.3 Å². The van der Waals surface area contributed by atoms with Gasteiger partial charge < -0.3 is 14.9 Å². The molecule has 0 aliphatic rings. The summed E-state index contributed by atoms with van der Waals surface area (Å²) in [7, 11) is 0. The van der Waals surface area contributed by atoms with Gasteiger partial charge in [-0.25, -0.2) is 9.78 Å². The van der Waals surface area contributed by atoms with Crippen molar-refractivity contribution in [2.75, 3.05) is 6.61 Å². The molecule has 0 amide bonds. The summed E-state index contributed by atoms with van der Waals surface area (Å²) in [6.45, 7) is -0.494. The fraction of sp³-hybridized carbons (Fsp3) is 0.0556. The minimum absolute atomic E-state index is 0.0196. The first-order valence-corrected chi connectivity index (χ1v) is 8.05. The van der Waals surface area contributed by atoms with Crippen molar-refractivity contribution in [2.24, 2.45) is 0 Å². The Labute approximate surface area is 146 Å². The van der Waals surface area contributed by atoms with E-state index in [1.165, 1.54) is 23.5 Å². The Bertz CT molecular complexity index is 984. The highest BCUT2D eigenvalue weighted by Crippen LogP contribution is 2.28. The van der Waals surface area contributed by atoms with E-state index in [2.05, 4.69) is 4.98 Å². The summed E-state index contributed by atoms with van der Waals surface area (Å²) >= 11 is 1.26. The van der Waals surface area contributed by atoms with Crippen LogP contribution >= 0.6 is 11.3 Å². The maximum atomic E-state index is 11.9. The van der Waals surface area contributed by atoms with Gasteiger partial charge in [-0.2, -0.15) is 5.26 Å². The van der Waals surface area contributed by atoms with E-state index in [1.807, 2.05) is 24.3 Å². The molecular formula is C18H12N2O4S. The molecule has 1 aromatic heterocycles. The van der Waals surface area contributed by atoms with Gasteiger partial charge in [0.15, 0.2) is 5.76 Å². The van der Waals surface area contributed by atoms with Crippen LogP contribution in [0.5, 0.6) is 5.75 Å². The van der Waals surface area contributed by atoms with Gasteiger partial charge in [0.2, 0.25) is 0 Å². The number of nitrogens with zero attached hydrogens (tertiary/aromatic N) is 2. The van der Waals surface area contributed by atoms with Crippen molar-refractivity contribution in [1.29, 1.82) is 5.26 Å². The molecule has 7 heteroatoms. The number of para-hydroxylation sites is 2. The van der Waals surface area contributed by atoms with E-state index in [9.17, 15) is 20.3 Å². The van der Waals surface area contributed by atoms with Crippen LogP contribution in [0.3, 0.4) is 0 Å². The lowest BCUT2D eigenvalue weighted by atomic mass is 10.2. The Balaban J connectivity index is 1.81. The van der Waals surface area contributed by atoms with Crippen molar-refractivity contribution in [3.8, 4) is 11.8 Å². The highest BCUT2D eigenvalue weighted by atomic mass is 32.1. The van der Waals surface area contributed by atoms with E-state index in [-0.39, 0.29) is 16.9 Å². The normalized spacial score (nSPS) is 11.6. The molecule has 3 rings (SSSR count). The minimum Gasteiger partial charge on any atom is -0.507 e. The maximum absolute atomic E-state index is 11.9. The van der Waals surface area contributed by atoms with Gasteiger partial charge in [0.1, 0.15) is 34.6 Å². The largest absolute Gasteiger partial charge is 0.507 e. The van der Waals surface area contributed by atoms with Gasteiger partial charge >= 0.3 is 5.97 Å². The molecule has 0 saturated carbocycles. The van der Waals surface area contributed by atoms with E-state index in [1.54, 1.807) is 18.2 Å². The molecule has 0 saturated heterocycles. The summed E-state index contributed by atoms with van der Waals surface area (Å²) in [5, 5.41) is 29.4.